The molecule has 2 amide bonds. The lowest BCUT2D eigenvalue weighted by Gasteiger charge is -2.22. The minimum atomic E-state index is -0.209. The lowest BCUT2D eigenvalue weighted by atomic mass is 10.1. The van der Waals surface area contributed by atoms with Gasteiger partial charge in [-0.05, 0) is 42.3 Å². The van der Waals surface area contributed by atoms with Crippen LogP contribution in [0.1, 0.15) is 22.3 Å². The van der Waals surface area contributed by atoms with Gasteiger partial charge in [0.15, 0.2) is 0 Å². The summed E-state index contributed by atoms with van der Waals surface area (Å²) in [6.45, 7) is 1.08. The second kappa shape index (κ2) is 7.50. The molecule has 0 saturated carbocycles. The van der Waals surface area contributed by atoms with Crippen LogP contribution < -0.4 is 15.0 Å². The van der Waals surface area contributed by atoms with Gasteiger partial charge in [0.2, 0.25) is 0 Å². The van der Waals surface area contributed by atoms with Gasteiger partial charge < -0.3 is 15.0 Å². The zero-order valence-corrected chi connectivity index (χ0v) is 15.8. The molecule has 0 radical (unpaired) electrons. The number of anilines is 1. The fraction of sp³-hybridized carbons (Fsp3) is 0.158. The maximum atomic E-state index is 13.0. The lowest BCUT2D eigenvalue weighted by Crippen LogP contribution is -2.31. The molecule has 27 heavy (non-hydrogen) atoms. The van der Waals surface area contributed by atoms with E-state index in [4.69, 9.17) is 17.0 Å². The molecule has 2 aliphatic rings. The van der Waals surface area contributed by atoms with Crippen molar-refractivity contribution in [3.63, 3.8) is 0 Å². The highest BCUT2D eigenvalue weighted by molar-refractivity contribution is 8.26. The van der Waals surface area contributed by atoms with Crippen molar-refractivity contribution in [2.45, 2.75) is 6.42 Å². The van der Waals surface area contributed by atoms with Crippen molar-refractivity contribution in [1.29, 1.82) is 0 Å². The average Bonchev–Trinajstić information content (AvgIpc) is 2.88. The number of amides is 2. The number of nitrogens with one attached hydrogen (secondary N) is 1. The Bertz CT molecular complexity index is 960. The van der Waals surface area contributed by atoms with Gasteiger partial charge >= 0.3 is 0 Å². The second-order valence-corrected chi connectivity index (χ2v) is 7.70. The fourth-order valence-electron chi connectivity index (χ4n) is 2.91. The predicted octanol–water partition coefficient (Wildman–Crippen LogP) is 3.00. The molecule has 1 fully saturated rings. The van der Waals surface area contributed by atoms with E-state index in [1.165, 1.54) is 11.8 Å². The SMILES string of the molecule is O=C1NC(=S)S/C1=C\c1ccc2c(c1)N(C(=O)c1cccnc1)CCCO2. The number of benzene rings is 1. The van der Waals surface area contributed by atoms with Crippen LogP contribution in [-0.2, 0) is 4.79 Å². The van der Waals surface area contributed by atoms with E-state index in [1.54, 1.807) is 35.5 Å². The third-order valence-electron chi connectivity index (χ3n) is 4.15. The smallest absolute Gasteiger partial charge is 0.263 e. The van der Waals surface area contributed by atoms with E-state index in [0.717, 1.165) is 12.0 Å². The predicted molar refractivity (Wildman–Crippen MR) is 109 cm³/mol. The van der Waals surface area contributed by atoms with Crippen LogP contribution in [0.2, 0.25) is 0 Å². The molecule has 0 atom stereocenters. The number of carbonyl (C=O) groups excluding carboxylic acids is 2. The van der Waals surface area contributed by atoms with Crippen molar-refractivity contribution >= 4 is 51.9 Å². The molecular weight excluding hydrogens is 382 g/mol. The van der Waals surface area contributed by atoms with E-state index >= 15 is 0 Å². The number of thiocarbonyl (C=S) groups is 1. The van der Waals surface area contributed by atoms with Gasteiger partial charge in [0.05, 0.1) is 22.8 Å². The maximum absolute atomic E-state index is 13.0. The molecule has 3 heterocycles. The number of hydrogen-bond donors (Lipinski definition) is 1. The lowest BCUT2D eigenvalue weighted by molar-refractivity contribution is -0.115. The number of carbonyl (C=O) groups is 2. The minimum Gasteiger partial charge on any atom is -0.491 e. The molecule has 1 aromatic heterocycles. The second-order valence-electron chi connectivity index (χ2n) is 5.98. The van der Waals surface area contributed by atoms with Crippen LogP contribution in [-0.4, -0.2) is 34.3 Å². The summed E-state index contributed by atoms with van der Waals surface area (Å²) in [6.07, 6.45) is 5.68. The summed E-state index contributed by atoms with van der Waals surface area (Å²) in [5, 5.41) is 2.60. The van der Waals surface area contributed by atoms with Crippen molar-refractivity contribution in [2.75, 3.05) is 18.1 Å². The third kappa shape index (κ3) is 3.72. The zero-order valence-electron chi connectivity index (χ0n) is 14.2. The highest BCUT2D eigenvalue weighted by Gasteiger charge is 2.25. The molecule has 4 rings (SSSR count). The molecule has 0 unspecified atom stereocenters. The van der Waals surface area contributed by atoms with Crippen LogP contribution in [0.5, 0.6) is 5.75 Å². The normalized spacial score (nSPS) is 17.9. The first-order valence-corrected chi connectivity index (χ1v) is 9.58. The molecule has 0 spiro atoms. The van der Waals surface area contributed by atoms with Crippen LogP contribution >= 0.6 is 24.0 Å². The first-order chi connectivity index (χ1) is 13.1. The standard InChI is InChI=1S/C19H15N3O3S2/c23-17-16(27-19(26)21-17)10-12-4-5-15-14(9-12)22(7-2-8-25-15)18(24)13-3-1-6-20-11-13/h1,3-6,9-11H,2,7-8H2,(H,21,23,26)/b16-10-. The van der Waals surface area contributed by atoms with Crippen LogP contribution in [0.4, 0.5) is 5.69 Å². The number of fused-ring (bicyclic) bond motifs is 1. The molecule has 0 bridgehead atoms. The summed E-state index contributed by atoms with van der Waals surface area (Å²) in [5.74, 6) is 0.305. The Hall–Kier alpha value is -2.71. The highest BCUT2D eigenvalue weighted by atomic mass is 32.2. The van der Waals surface area contributed by atoms with Gasteiger partial charge in [-0.1, -0.05) is 30.0 Å². The van der Waals surface area contributed by atoms with E-state index in [1.807, 2.05) is 18.2 Å². The average molecular weight is 397 g/mol. The first kappa shape index (κ1) is 17.7. The summed E-state index contributed by atoms with van der Waals surface area (Å²) in [7, 11) is 0. The monoisotopic (exact) mass is 397 g/mol. The quantitative estimate of drug-likeness (QED) is 0.621. The summed E-state index contributed by atoms with van der Waals surface area (Å²) in [4.78, 5) is 31.2. The maximum Gasteiger partial charge on any atom is 0.263 e. The van der Waals surface area contributed by atoms with E-state index < -0.39 is 0 Å². The van der Waals surface area contributed by atoms with Crippen LogP contribution in [0.3, 0.4) is 0 Å². The van der Waals surface area contributed by atoms with E-state index in [0.29, 0.717) is 39.4 Å². The number of aromatic nitrogens is 1. The number of ether oxygens (including phenoxy) is 1. The molecule has 2 aromatic rings. The van der Waals surface area contributed by atoms with Crippen molar-refractivity contribution in [1.82, 2.24) is 10.3 Å². The van der Waals surface area contributed by atoms with Gasteiger partial charge in [-0.2, -0.15) is 0 Å². The minimum absolute atomic E-state index is 0.131. The highest BCUT2D eigenvalue weighted by Crippen LogP contribution is 2.35. The third-order valence-corrected chi connectivity index (χ3v) is 5.31. The van der Waals surface area contributed by atoms with Gasteiger partial charge in [0, 0.05) is 18.9 Å². The Balaban J connectivity index is 1.72. The Morgan fingerprint density at radius 1 is 1.37 bits per heavy atom. The van der Waals surface area contributed by atoms with Crippen LogP contribution in [0, 0.1) is 0 Å². The number of rotatable bonds is 2. The van der Waals surface area contributed by atoms with Crippen molar-refractivity contribution < 1.29 is 14.3 Å². The summed E-state index contributed by atoms with van der Waals surface area (Å²) in [5.41, 5.74) is 2.00. The van der Waals surface area contributed by atoms with Crippen molar-refractivity contribution in [3.05, 3.63) is 58.8 Å². The largest absolute Gasteiger partial charge is 0.491 e. The Labute approximate surface area is 165 Å². The Morgan fingerprint density at radius 3 is 3.00 bits per heavy atom. The molecule has 1 aromatic carbocycles. The summed E-state index contributed by atoms with van der Waals surface area (Å²) in [6, 6.07) is 9.03. The molecular formula is C19H15N3O3S2. The van der Waals surface area contributed by atoms with E-state index in [9.17, 15) is 9.59 Å². The summed E-state index contributed by atoms with van der Waals surface area (Å²) < 4.78 is 6.23. The molecule has 2 aliphatic heterocycles. The Kier molecular flexibility index (Phi) is 4.91. The van der Waals surface area contributed by atoms with E-state index in [2.05, 4.69) is 10.3 Å². The fourth-order valence-corrected chi connectivity index (χ4v) is 3.96. The molecule has 1 N–H and O–H groups in total. The van der Waals surface area contributed by atoms with E-state index in [-0.39, 0.29) is 11.8 Å². The van der Waals surface area contributed by atoms with Gasteiger partial charge in [0.25, 0.3) is 11.8 Å². The number of pyridine rings is 1. The van der Waals surface area contributed by atoms with Crippen molar-refractivity contribution in [3.8, 4) is 5.75 Å². The van der Waals surface area contributed by atoms with Gasteiger partial charge in [-0.15, -0.1) is 0 Å². The molecule has 8 heteroatoms. The molecule has 6 nitrogen and oxygen atoms in total. The number of thioether (sulfide) groups is 1. The molecule has 136 valence electrons. The van der Waals surface area contributed by atoms with Gasteiger partial charge in [-0.3, -0.25) is 14.6 Å². The molecule has 1 saturated heterocycles. The van der Waals surface area contributed by atoms with Crippen LogP contribution in [0.15, 0.2) is 47.6 Å². The van der Waals surface area contributed by atoms with Crippen LogP contribution in [0.25, 0.3) is 6.08 Å². The van der Waals surface area contributed by atoms with Gasteiger partial charge in [0.1, 0.15) is 10.1 Å². The van der Waals surface area contributed by atoms with Gasteiger partial charge in [-0.25, -0.2) is 0 Å². The number of nitrogens with zero attached hydrogens (tertiary/aromatic N) is 2. The topological polar surface area (TPSA) is 71.5 Å². The first-order valence-electron chi connectivity index (χ1n) is 8.35. The number of hydrogen-bond acceptors (Lipinski definition) is 6. The molecule has 0 aliphatic carbocycles. The Morgan fingerprint density at radius 2 is 2.26 bits per heavy atom. The zero-order chi connectivity index (χ0) is 18.8. The summed E-state index contributed by atoms with van der Waals surface area (Å²) >= 11 is 6.25. The van der Waals surface area contributed by atoms with Crippen molar-refractivity contribution in [2.24, 2.45) is 0 Å².